The maximum Gasteiger partial charge on any atom is 0.214 e. The molecule has 0 aromatic rings. The molecule has 1 saturated heterocycles. The fourth-order valence-corrected chi connectivity index (χ4v) is 8.42. The van der Waals surface area contributed by atoms with E-state index in [1.54, 1.807) is 4.31 Å². The predicted octanol–water partition coefficient (Wildman–Crippen LogP) is 1.72. The topological polar surface area (TPSA) is 57.7 Å². The van der Waals surface area contributed by atoms with Crippen molar-refractivity contribution in [1.82, 2.24) is 9.21 Å². The quantitative estimate of drug-likeness (QED) is 0.666. The van der Waals surface area contributed by atoms with Gasteiger partial charge in [-0.05, 0) is 30.7 Å². The largest absolute Gasteiger partial charge is 0.301 e. The van der Waals surface area contributed by atoms with Crippen molar-refractivity contribution in [2.24, 2.45) is 16.7 Å². The maximum atomic E-state index is 13.0. The molecular formula is C16H27BrN2O3S. The van der Waals surface area contributed by atoms with Gasteiger partial charge < -0.3 is 4.90 Å². The minimum atomic E-state index is -3.33. The van der Waals surface area contributed by atoms with Crippen LogP contribution in [-0.2, 0) is 14.8 Å². The molecule has 4 atom stereocenters. The van der Waals surface area contributed by atoms with Crippen LogP contribution in [-0.4, -0.2) is 66.7 Å². The number of ketones is 1. The molecule has 0 unspecified atom stereocenters. The van der Waals surface area contributed by atoms with E-state index in [-0.39, 0.29) is 22.3 Å². The van der Waals surface area contributed by atoms with Crippen LogP contribution < -0.4 is 0 Å². The molecule has 23 heavy (non-hydrogen) atoms. The van der Waals surface area contributed by atoms with Crippen LogP contribution in [0.3, 0.4) is 0 Å². The van der Waals surface area contributed by atoms with Gasteiger partial charge in [0.05, 0.1) is 10.6 Å². The number of fused-ring (bicyclic) bond motifs is 2. The average molecular weight is 407 g/mol. The summed E-state index contributed by atoms with van der Waals surface area (Å²) >= 11 is 3.53. The Bertz CT molecular complexity index is 602. The summed E-state index contributed by atoms with van der Waals surface area (Å²) in [5.74, 6) is 0.426. The molecule has 1 heterocycles. The number of sulfonamides is 1. The van der Waals surface area contributed by atoms with E-state index in [4.69, 9.17) is 0 Å². The standard InChI is InChI=1S/C16H27BrN2O3S/c1-4-18-7-9-19(10-8-18)23(21,22)11-16(3)12-5-6-15(16,2)14(20)13(12)17/h12-13H,4-11H2,1-3H3/t12-,13-,15-,16+/m0/s1. The highest BCUT2D eigenvalue weighted by atomic mass is 79.9. The summed E-state index contributed by atoms with van der Waals surface area (Å²) < 4.78 is 27.6. The highest BCUT2D eigenvalue weighted by molar-refractivity contribution is 9.10. The monoisotopic (exact) mass is 406 g/mol. The van der Waals surface area contributed by atoms with Crippen LogP contribution in [0.2, 0.25) is 0 Å². The van der Waals surface area contributed by atoms with E-state index in [9.17, 15) is 13.2 Å². The number of halogens is 1. The van der Waals surface area contributed by atoms with Crippen LogP contribution in [0.4, 0.5) is 0 Å². The predicted molar refractivity (Wildman–Crippen MR) is 94.1 cm³/mol. The molecule has 7 heteroatoms. The van der Waals surface area contributed by atoms with Gasteiger partial charge in [-0.1, -0.05) is 36.7 Å². The lowest BCUT2D eigenvalue weighted by molar-refractivity contribution is -0.127. The van der Waals surface area contributed by atoms with Gasteiger partial charge in [0.25, 0.3) is 0 Å². The molecule has 0 amide bonds. The number of alkyl halides is 1. The highest BCUT2D eigenvalue weighted by Gasteiger charge is 2.68. The molecular weight excluding hydrogens is 380 g/mol. The van der Waals surface area contributed by atoms with Crippen molar-refractivity contribution in [3.63, 3.8) is 0 Å². The molecule has 2 bridgehead atoms. The molecule has 0 spiro atoms. The van der Waals surface area contributed by atoms with E-state index in [1.165, 1.54) is 0 Å². The normalized spacial score (nSPS) is 42.5. The molecule has 3 aliphatic rings. The number of hydrogen-bond acceptors (Lipinski definition) is 4. The van der Waals surface area contributed by atoms with Gasteiger partial charge in [-0.3, -0.25) is 4.79 Å². The van der Waals surface area contributed by atoms with E-state index in [0.29, 0.717) is 13.1 Å². The summed E-state index contributed by atoms with van der Waals surface area (Å²) in [6.07, 6.45) is 1.75. The van der Waals surface area contributed by atoms with Gasteiger partial charge in [0.15, 0.2) is 5.78 Å². The number of nitrogens with zero attached hydrogens (tertiary/aromatic N) is 2. The van der Waals surface area contributed by atoms with Crippen LogP contribution in [0.5, 0.6) is 0 Å². The van der Waals surface area contributed by atoms with Crippen molar-refractivity contribution < 1.29 is 13.2 Å². The Morgan fingerprint density at radius 1 is 1.22 bits per heavy atom. The first kappa shape index (κ1) is 17.8. The molecule has 2 aliphatic carbocycles. The van der Waals surface area contributed by atoms with E-state index in [1.807, 2.05) is 13.8 Å². The van der Waals surface area contributed by atoms with Crippen molar-refractivity contribution in [3.05, 3.63) is 0 Å². The first-order valence-electron chi connectivity index (χ1n) is 8.54. The fourth-order valence-electron chi connectivity index (χ4n) is 4.88. The van der Waals surface area contributed by atoms with E-state index < -0.39 is 20.9 Å². The number of carbonyl (C=O) groups is 1. The summed E-state index contributed by atoms with van der Waals surface area (Å²) in [6, 6.07) is 0. The highest BCUT2D eigenvalue weighted by Crippen LogP contribution is 2.65. The van der Waals surface area contributed by atoms with Gasteiger partial charge >= 0.3 is 0 Å². The average Bonchev–Trinajstić information content (AvgIpc) is 2.83. The van der Waals surface area contributed by atoms with Gasteiger partial charge in [-0.25, -0.2) is 8.42 Å². The summed E-state index contributed by atoms with van der Waals surface area (Å²) in [5, 5.41) is 0. The molecule has 0 N–H and O–H groups in total. The zero-order valence-electron chi connectivity index (χ0n) is 14.2. The molecule has 3 fully saturated rings. The zero-order valence-corrected chi connectivity index (χ0v) is 16.6. The summed E-state index contributed by atoms with van der Waals surface area (Å²) in [4.78, 5) is 14.7. The fraction of sp³-hybridized carbons (Fsp3) is 0.938. The Kier molecular flexibility index (Phi) is 4.48. The Labute approximate surface area is 148 Å². The lowest BCUT2D eigenvalue weighted by Gasteiger charge is -2.39. The number of likely N-dealkylation sites (N-methyl/N-ethyl adjacent to an activating group) is 1. The third kappa shape index (κ3) is 2.53. The van der Waals surface area contributed by atoms with Crippen LogP contribution in [0, 0.1) is 16.7 Å². The molecule has 1 aliphatic heterocycles. The first-order valence-corrected chi connectivity index (χ1v) is 11.1. The van der Waals surface area contributed by atoms with E-state index in [0.717, 1.165) is 32.5 Å². The van der Waals surface area contributed by atoms with Gasteiger partial charge in [0, 0.05) is 31.6 Å². The van der Waals surface area contributed by atoms with Crippen molar-refractivity contribution in [1.29, 1.82) is 0 Å². The second-order valence-corrected chi connectivity index (χ2v) is 10.7. The van der Waals surface area contributed by atoms with E-state index in [2.05, 4.69) is 27.8 Å². The van der Waals surface area contributed by atoms with Crippen LogP contribution in [0.1, 0.15) is 33.6 Å². The van der Waals surface area contributed by atoms with Gasteiger partial charge in [-0.2, -0.15) is 4.31 Å². The molecule has 132 valence electrons. The molecule has 0 aromatic heterocycles. The Morgan fingerprint density at radius 3 is 2.30 bits per heavy atom. The smallest absolute Gasteiger partial charge is 0.214 e. The van der Waals surface area contributed by atoms with Gasteiger partial charge in [-0.15, -0.1) is 0 Å². The molecule has 5 nitrogen and oxygen atoms in total. The van der Waals surface area contributed by atoms with Crippen molar-refractivity contribution in [2.75, 3.05) is 38.5 Å². The number of piperazine rings is 1. The van der Waals surface area contributed by atoms with Crippen molar-refractivity contribution >= 4 is 31.7 Å². The van der Waals surface area contributed by atoms with Gasteiger partial charge in [0.2, 0.25) is 10.0 Å². The van der Waals surface area contributed by atoms with Crippen LogP contribution in [0.25, 0.3) is 0 Å². The lowest BCUT2D eigenvalue weighted by Crippen LogP contribution is -2.52. The third-order valence-electron chi connectivity index (χ3n) is 6.84. The number of hydrogen-bond donors (Lipinski definition) is 0. The lowest BCUT2D eigenvalue weighted by atomic mass is 9.70. The van der Waals surface area contributed by atoms with Crippen LogP contribution in [0.15, 0.2) is 0 Å². The summed E-state index contributed by atoms with van der Waals surface area (Å²) in [5.41, 5.74) is -0.969. The molecule has 0 radical (unpaired) electrons. The first-order chi connectivity index (χ1) is 10.7. The van der Waals surface area contributed by atoms with Gasteiger partial charge in [0.1, 0.15) is 0 Å². The number of Topliss-reactive ketones (excluding diaryl/α,β-unsaturated/α-hetero) is 1. The summed E-state index contributed by atoms with van der Waals surface area (Å²) in [7, 11) is -3.33. The SMILES string of the molecule is CCN1CCN(S(=O)(=O)C[C@]2(C)[C@H]3CC[C@@]2(C)C(=O)[C@H]3Br)CC1. The van der Waals surface area contributed by atoms with Crippen LogP contribution >= 0.6 is 15.9 Å². The third-order valence-corrected chi connectivity index (χ3v) is 10.0. The van der Waals surface area contributed by atoms with E-state index >= 15 is 0 Å². The Hall–Kier alpha value is 0.0200. The molecule has 3 rings (SSSR count). The van der Waals surface area contributed by atoms with Crippen molar-refractivity contribution in [2.45, 2.75) is 38.4 Å². The molecule has 0 aromatic carbocycles. The number of rotatable bonds is 4. The number of carbonyl (C=O) groups excluding carboxylic acids is 1. The maximum absolute atomic E-state index is 13.0. The Balaban J connectivity index is 1.80. The minimum absolute atomic E-state index is 0.0983. The zero-order chi connectivity index (χ0) is 17.0. The summed E-state index contributed by atoms with van der Waals surface area (Å²) in [6.45, 7) is 9.79. The minimum Gasteiger partial charge on any atom is -0.301 e. The molecule has 2 saturated carbocycles. The second-order valence-electron chi connectivity index (χ2n) is 7.75. The Morgan fingerprint density at radius 2 is 1.83 bits per heavy atom. The van der Waals surface area contributed by atoms with Crippen molar-refractivity contribution in [3.8, 4) is 0 Å². The second kappa shape index (κ2) is 5.78.